The average molecular weight is 428 g/mol. The molecule has 0 aliphatic carbocycles. The van der Waals surface area contributed by atoms with Gasteiger partial charge in [0, 0.05) is 16.5 Å². The minimum absolute atomic E-state index is 0.0755. The lowest BCUT2D eigenvalue weighted by atomic mass is 9.76. The maximum Gasteiger partial charge on any atom is 0.410 e. The summed E-state index contributed by atoms with van der Waals surface area (Å²) in [6.45, 7) is 0. The highest BCUT2D eigenvalue weighted by atomic mass is 79.9. The van der Waals surface area contributed by atoms with E-state index in [-0.39, 0.29) is 23.5 Å². The number of hydrogen-bond acceptors (Lipinski definition) is 4. The van der Waals surface area contributed by atoms with Gasteiger partial charge in [0.25, 0.3) is 0 Å². The maximum absolute atomic E-state index is 13.0. The SMILES string of the molecule is COC(=O)N1C2Cc3c(Br)cccc3C1CC(=O)/C2=C(\O)c1ccccc1. The molecule has 5 nitrogen and oxygen atoms in total. The lowest BCUT2D eigenvalue weighted by Gasteiger charge is -2.46. The van der Waals surface area contributed by atoms with E-state index in [9.17, 15) is 14.7 Å². The van der Waals surface area contributed by atoms with E-state index in [1.807, 2.05) is 24.3 Å². The third-order valence-corrected chi connectivity index (χ3v) is 6.03. The number of nitrogens with zero attached hydrogens (tertiary/aromatic N) is 1. The first-order valence-electron chi connectivity index (χ1n) is 8.68. The molecule has 1 fully saturated rings. The van der Waals surface area contributed by atoms with E-state index >= 15 is 0 Å². The number of aliphatic hydroxyl groups excluding tert-OH is 1. The lowest BCUT2D eigenvalue weighted by Crippen LogP contribution is -2.53. The molecular weight excluding hydrogens is 410 g/mol. The molecule has 2 bridgehead atoms. The van der Waals surface area contributed by atoms with Crippen molar-refractivity contribution >= 4 is 33.6 Å². The van der Waals surface area contributed by atoms with E-state index in [1.165, 1.54) is 7.11 Å². The fourth-order valence-corrected chi connectivity index (χ4v) is 4.63. The van der Waals surface area contributed by atoms with Crippen LogP contribution in [0.2, 0.25) is 0 Å². The topological polar surface area (TPSA) is 66.8 Å². The number of Topliss-reactive ketones (excluding diaryl/α,β-unsaturated/α-hetero) is 1. The number of benzene rings is 2. The molecular formula is C21H18BrNO4. The summed E-state index contributed by atoms with van der Waals surface area (Å²) >= 11 is 3.58. The average Bonchev–Trinajstić information content (AvgIpc) is 2.68. The zero-order valence-electron chi connectivity index (χ0n) is 14.7. The summed E-state index contributed by atoms with van der Waals surface area (Å²) < 4.78 is 5.94. The Bertz CT molecular complexity index is 954. The van der Waals surface area contributed by atoms with E-state index in [0.717, 1.165) is 15.6 Å². The number of ether oxygens (including phenoxy) is 1. The van der Waals surface area contributed by atoms with Crippen molar-refractivity contribution in [2.75, 3.05) is 7.11 Å². The number of methoxy groups -OCH3 is 1. The molecule has 2 atom stereocenters. The van der Waals surface area contributed by atoms with Gasteiger partial charge in [0.1, 0.15) is 5.76 Å². The summed E-state index contributed by atoms with van der Waals surface area (Å²) in [7, 11) is 1.33. The van der Waals surface area contributed by atoms with Crippen LogP contribution < -0.4 is 0 Å². The minimum Gasteiger partial charge on any atom is -0.507 e. The Hall–Kier alpha value is -2.60. The summed E-state index contributed by atoms with van der Waals surface area (Å²) in [5.74, 6) is -0.217. The molecule has 2 heterocycles. The molecule has 0 saturated carbocycles. The number of hydrogen-bond donors (Lipinski definition) is 1. The van der Waals surface area contributed by atoms with Crippen LogP contribution in [0, 0.1) is 0 Å². The van der Waals surface area contributed by atoms with Crippen LogP contribution in [0.25, 0.3) is 5.76 Å². The zero-order chi connectivity index (χ0) is 19.1. The molecule has 2 aliphatic rings. The van der Waals surface area contributed by atoms with Gasteiger partial charge in [0.05, 0.1) is 24.8 Å². The van der Waals surface area contributed by atoms with Gasteiger partial charge < -0.3 is 9.84 Å². The summed E-state index contributed by atoms with van der Waals surface area (Å²) in [6, 6.07) is 13.7. The summed E-state index contributed by atoms with van der Waals surface area (Å²) in [4.78, 5) is 27.1. The molecule has 2 aromatic carbocycles. The van der Waals surface area contributed by atoms with Crippen LogP contribution in [-0.2, 0) is 16.0 Å². The standard InChI is InChI=1S/C21H18BrNO4/c1-27-21(26)23-16-11-18(24)19(20(25)12-6-3-2-4-7-12)17(23)10-14-13(16)8-5-9-15(14)22/h2-9,16-17,25H,10-11H2,1H3/b20-19-. The van der Waals surface area contributed by atoms with Crippen molar-refractivity contribution in [1.29, 1.82) is 0 Å². The van der Waals surface area contributed by atoms with Gasteiger partial charge in [-0.25, -0.2) is 4.79 Å². The Balaban J connectivity index is 1.91. The molecule has 6 heteroatoms. The molecule has 1 amide bonds. The Morgan fingerprint density at radius 1 is 1.11 bits per heavy atom. The van der Waals surface area contributed by atoms with E-state index in [1.54, 1.807) is 29.2 Å². The monoisotopic (exact) mass is 427 g/mol. The quantitative estimate of drug-likeness (QED) is 0.539. The summed E-state index contributed by atoms with van der Waals surface area (Å²) in [5, 5.41) is 10.9. The Kier molecular flexibility index (Phi) is 4.52. The van der Waals surface area contributed by atoms with Crippen LogP contribution in [0.15, 0.2) is 58.6 Å². The molecule has 0 radical (unpaired) electrons. The predicted octanol–water partition coefficient (Wildman–Crippen LogP) is 4.43. The second-order valence-electron chi connectivity index (χ2n) is 6.68. The molecule has 27 heavy (non-hydrogen) atoms. The van der Waals surface area contributed by atoms with E-state index < -0.39 is 18.2 Å². The number of carbonyl (C=O) groups excluding carboxylic acids is 2. The van der Waals surface area contributed by atoms with E-state index in [4.69, 9.17) is 4.74 Å². The highest BCUT2D eigenvalue weighted by molar-refractivity contribution is 9.10. The number of aliphatic hydroxyl groups is 1. The van der Waals surface area contributed by atoms with Crippen molar-refractivity contribution in [3.63, 3.8) is 0 Å². The van der Waals surface area contributed by atoms with Crippen LogP contribution in [0.1, 0.15) is 29.2 Å². The normalized spacial score (nSPS) is 22.9. The number of halogens is 1. The number of amides is 1. The number of rotatable bonds is 1. The summed E-state index contributed by atoms with van der Waals surface area (Å²) in [5.41, 5.74) is 2.82. The van der Waals surface area contributed by atoms with Gasteiger partial charge in [-0.15, -0.1) is 0 Å². The predicted molar refractivity (Wildman–Crippen MR) is 104 cm³/mol. The molecule has 1 N–H and O–H groups in total. The van der Waals surface area contributed by atoms with Crippen LogP contribution in [-0.4, -0.2) is 35.0 Å². The van der Waals surface area contributed by atoms with Crippen molar-refractivity contribution < 1.29 is 19.4 Å². The van der Waals surface area contributed by atoms with Gasteiger partial charge in [-0.1, -0.05) is 58.4 Å². The van der Waals surface area contributed by atoms with Gasteiger partial charge >= 0.3 is 6.09 Å². The van der Waals surface area contributed by atoms with E-state index in [2.05, 4.69) is 15.9 Å². The first kappa shape index (κ1) is 17.8. The number of fused-ring (bicyclic) bond motifs is 4. The van der Waals surface area contributed by atoms with Crippen LogP contribution in [0.5, 0.6) is 0 Å². The largest absolute Gasteiger partial charge is 0.507 e. The molecule has 0 spiro atoms. The van der Waals surface area contributed by atoms with Gasteiger partial charge in [-0.3, -0.25) is 9.69 Å². The molecule has 138 valence electrons. The fraction of sp³-hybridized carbons (Fsp3) is 0.238. The highest BCUT2D eigenvalue weighted by Crippen LogP contribution is 2.46. The smallest absolute Gasteiger partial charge is 0.410 e. The van der Waals surface area contributed by atoms with Gasteiger partial charge in [-0.2, -0.15) is 0 Å². The maximum atomic E-state index is 13.0. The first-order valence-corrected chi connectivity index (χ1v) is 9.47. The third kappa shape index (κ3) is 2.84. The molecule has 2 aliphatic heterocycles. The Labute approximate surface area is 165 Å². The van der Waals surface area contributed by atoms with E-state index in [0.29, 0.717) is 12.0 Å². The molecule has 2 aromatic rings. The summed E-state index contributed by atoms with van der Waals surface area (Å²) in [6.07, 6.45) is 0.0446. The number of ketones is 1. The third-order valence-electron chi connectivity index (χ3n) is 5.28. The Morgan fingerprint density at radius 3 is 2.56 bits per heavy atom. The lowest BCUT2D eigenvalue weighted by molar-refractivity contribution is -0.119. The number of piperidine rings is 1. The van der Waals surface area contributed by atoms with Gasteiger partial charge in [0.15, 0.2) is 5.78 Å². The molecule has 4 rings (SSSR count). The number of carbonyl (C=O) groups is 2. The van der Waals surface area contributed by atoms with Gasteiger partial charge in [-0.05, 0) is 23.6 Å². The van der Waals surface area contributed by atoms with Gasteiger partial charge in [0.2, 0.25) is 0 Å². The van der Waals surface area contributed by atoms with Crippen molar-refractivity contribution in [2.24, 2.45) is 0 Å². The zero-order valence-corrected chi connectivity index (χ0v) is 16.3. The van der Waals surface area contributed by atoms with Crippen molar-refractivity contribution in [2.45, 2.75) is 24.9 Å². The molecule has 2 unspecified atom stereocenters. The molecule has 1 saturated heterocycles. The van der Waals surface area contributed by atoms with Crippen molar-refractivity contribution in [3.8, 4) is 0 Å². The second kappa shape index (κ2) is 6.85. The van der Waals surface area contributed by atoms with Crippen LogP contribution in [0.3, 0.4) is 0 Å². The molecule has 0 aromatic heterocycles. The fourth-order valence-electron chi connectivity index (χ4n) is 4.08. The van der Waals surface area contributed by atoms with Crippen molar-refractivity contribution in [3.05, 3.63) is 75.3 Å². The minimum atomic E-state index is -0.574. The van der Waals surface area contributed by atoms with Crippen molar-refractivity contribution in [1.82, 2.24) is 4.90 Å². The highest BCUT2D eigenvalue weighted by Gasteiger charge is 2.48. The first-order chi connectivity index (χ1) is 13.0. The Morgan fingerprint density at radius 2 is 1.85 bits per heavy atom. The van der Waals surface area contributed by atoms with Crippen LogP contribution >= 0.6 is 15.9 Å². The second-order valence-corrected chi connectivity index (χ2v) is 7.53. The van der Waals surface area contributed by atoms with Crippen LogP contribution in [0.4, 0.5) is 4.79 Å².